The molecule has 0 aliphatic heterocycles. The van der Waals surface area contributed by atoms with Crippen LogP contribution in [0.3, 0.4) is 0 Å². The standard InChI is InChI=1S/C19H14N4O3/c24-18(25)13-7-5-12(6-8-13)17-10-9-14(26-17)11-20-23-19-21-15-3-1-2-4-16(15)22-19/h1-11H,(H,24,25)(H2,21,22,23)/p-1/b20-11-. The van der Waals surface area contributed by atoms with Gasteiger partial charge in [-0.2, -0.15) is 5.10 Å². The van der Waals surface area contributed by atoms with Crippen molar-refractivity contribution in [1.29, 1.82) is 0 Å². The molecule has 2 heterocycles. The van der Waals surface area contributed by atoms with Gasteiger partial charge in [-0.15, -0.1) is 0 Å². The number of aromatic nitrogens is 2. The zero-order valence-electron chi connectivity index (χ0n) is 13.5. The Hall–Kier alpha value is -3.87. The Morgan fingerprint density at radius 3 is 2.69 bits per heavy atom. The highest BCUT2D eigenvalue weighted by Crippen LogP contribution is 2.22. The van der Waals surface area contributed by atoms with E-state index in [-0.39, 0.29) is 5.56 Å². The summed E-state index contributed by atoms with van der Waals surface area (Å²) in [5.41, 5.74) is 5.48. The molecular weight excluding hydrogens is 332 g/mol. The molecule has 0 unspecified atom stereocenters. The predicted molar refractivity (Wildman–Crippen MR) is 95.8 cm³/mol. The van der Waals surface area contributed by atoms with Crippen molar-refractivity contribution in [1.82, 2.24) is 9.97 Å². The summed E-state index contributed by atoms with van der Waals surface area (Å²) >= 11 is 0. The van der Waals surface area contributed by atoms with E-state index in [1.807, 2.05) is 24.3 Å². The van der Waals surface area contributed by atoms with Gasteiger partial charge < -0.3 is 19.3 Å². The first kappa shape index (κ1) is 15.6. The number of fused-ring (bicyclic) bond motifs is 1. The lowest BCUT2D eigenvalue weighted by atomic mass is 10.1. The van der Waals surface area contributed by atoms with E-state index in [2.05, 4.69) is 20.5 Å². The van der Waals surface area contributed by atoms with Crippen molar-refractivity contribution in [2.24, 2.45) is 5.10 Å². The van der Waals surface area contributed by atoms with Crippen LogP contribution in [0, 0.1) is 0 Å². The summed E-state index contributed by atoms with van der Waals surface area (Å²) in [5.74, 6) is 0.486. The smallest absolute Gasteiger partial charge is 0.222 e. The summed E-state index contributed by atoms with van der Waals surface area (Å²) in [7, 11) is 0. The number of hydrogen-bond acceptors (Lipinski definition) is 6. The van der Waals surface area contributed by atoms with Gasteiger partial charge >= 0.3 is 0 Å². The molecule has 0 aliphatic carbocycles. The Balaban J connectivity index is 1.45. The molecule has 0 saturated carbocycles. The van der Waals surface area contributed by atoms with Crippen LogP contribution in [0.15, 0.2) is 70.2 Å². The number of nitrogens with one attached hydrogen (secondary N) is 2. The van der Waals surface area contributed by atoms with Crippen LogP contribution in [-0.4, -0.2) is 22.2 Å². The lowest BCUT2D eigenvalue weighted by Gasteiger charge is -2.02. The zero-order chi connectivity index (χ0) is 17.9. The van der Waals surface area contributed by atoms with E-state index >= 15 is 0 Å². The summed E-state index contributed by atoms with van der Waals surface area (Å²) in [6.07, 6.45) is 1.53. The molecule has 0 fully saturated rings. The maximum atomic E-state index is 10.8. The third-order valence-electron chi connectivity index (χ3n) is 3.78. The van der Waals surface area contributed by atoms with Gasteiger partial charge in [0.25, 0.3) is 0 Å². The first-order valence-electron chi connectivity index (χ1n) is 7.84. The van der Waals surface area contributed by atoms with E-state index in [4.69, 9.17) is 4.42 Å². The second kappa shape index (κ2) is 6.56. The Labute approximate surface area is 148 Å². The van der Waals surface area contributed by atoms with Gasteiger partial charge in [0.1, 0.15) is 11.5 Å². The maximum Gasteiger partial charge on any atom is 0.222 e. The van der Waals surface area contributed by atoms with E-state index in [1.165, 1.54) is 18.3 Å². The number of nitrogens with zero attached hydrogens (tertiary/aromatic N) is 2. The van der Waals surface area contributed by atoms with Crippen molar-refractivity contribution < 1.29 is 14.3 Å². The fraction of sp³-hybridized carbons (Fsp3) is 0. The Bertz CT molecular complexity index is 1060. The van der Waals surface area contributed by atoms with Crippen LogP contribution < -0.4 is 10.5 Å². The number of furan rings is 1. The first-order valence-corrected chi connectivity index (χ1v) is 7.84. The molecule has 0 saturated heterocycles. The topological polar surface area (TPSA) is 106 Å². The molecule has 7 heteroatoms. The van der Waals surface area contributed by atoms with E-state index < -0.39 is 5.97 Å². The highest BCUT2D eigenvalue weighted by atomic mass is 16.4. The molecule has 0 radical (unpaired) electrons. The van der Waals surface area contributed by atoms with Gasteiger partial charge in [0, 0.05) is 5.56 Å². The third-order valence-corrected chi connectivity index (χ3v) is 3.78. The van der Waals surface area contributed by atoms with E-state index in [9.17, 15) is 9.90 Å². The zero-order valence-corrected chi connectivity index (χ0v) is 13.5. The molecule has 0 aliphatic rings. The van der Waals surface area contributed by atoms with Crippen LogP contribution in [0.1, 0.15) is 16.1 Å². The molecule has 2 aromatic heterocycles. The number of rotatable bonds is 5. The molecular formula is C19H13N4O3-. The average molecular weight is 345 g/mol. The molecule has 0 bridgehead atoms. The van der Waals surface area contributed by atoms with Crippen LogP contribution in [-0.2, 0) is 0 Å². The number of hydrazone groups is 1. The molecule has 2 aromatic carbocycles. The number of carboxylic acid groups (broad SMARTS) is 1. The van der Waals surface area contributed by atoms with Crippen LogP contribution in [0.4, 0.5) is 5.95 Å². The summed E-state index contributed by atoms with van der Waals surface area (Å²) in [6.45, 7) is 0. The Morgan fingerprint density at radius 1 is 1.12 bits per heavy atom. The number of aromatic carboxylic acids is 1. The molecule has 0 spiro atoms. The third kappa shape index (κ3) is 3.18. The van der Waals surface area contributed by atoms with Gasteiger partial charge in [-0.25, -0.2) is 10.4 Å². The number of H-pyrrole nitrogens is 1. The molecule has 0 amide bonds. The summed E-state index contributed by atoms with van der Waals surface area (Å²) in [4.78, 5) is 18.2. The molecule has 26 heavy (non-hydrogen) atoms. The minimum absolute atomic E-state index is 0.122. The van der Waals surface area contributed by atoms with Crippen molar-refractivity contribution in [2.45, 2.75) is 0 Å². The fourth-order valence-electron chi connectivity index (χ4n) is 2.51. The number of imidazole rings is 1. The van der Waals surface area contributed by atoms with E-state index in [0.717, 1.165) is 16.6 Å². The fourth-order valence-corrected chi connectivity index (χ4v) is 2.51. The van der Waals surface area contributed by atoms with Crippen molar-refractivity contribution in [3.05, 3.63) is 72.0 Å². The monoisotopic (exact) mass is 345 g/mol. The number of para-hydroxylation sites is 2. The lowest BCUT2D eigenvalue weighted by Crippen LogP contribution is -2.21. The number of anilines is 1. The summed E-state index contributed by atoms with van der Waals surface area (Å²) in [6, 6.07) is 17.5. The molecule has 0 atom stereocenters. The van der Waals surface area contributed by atoms with Crippen LogP contribution in [0.25, 0.3) is 22.4 Å². The van der Waals surface area contributed by atoms with Crippen LogP contribution in [0.2, 0.25) is 0 Å². The number of carboxylic acids is 1. The van der Waals surface area contributed by atoms with Gasteiger partial charge in [0.15, 0.2) is 0 Å². The normalized spacial score (nSPS) is 11.2. The lowest BCUT2D eigenvalue weighted by molar-refractivity contribution is -0.255. The van der Waals surface area contributed by atoms with Gasteiger partial charge in [0.05, 0.1) is 23.2 Å². The predicted octanol–water partition coefficient (Wildman–Crippen LogP) is 2.63. The Kier molecular flexibility index (Phi) is 3.95. The van der Waals surface area contributed by atoms with Crippen molar-refractivity contribution >= 4 is 29.2 Å². The Morgan fingerprint density at radius 2 is 1.92 bits per heavy atom. The van der Waals surface area contributed by atoms with Crippen LogP contribution in [0.5, 0.6) is 0 Å². The number of benzene rings is 2. The van der Waals surface area contributed by atoms with E-state index in [0.29, 0.717) is 17.5 Å². The second-order valence-corrected chi connectivity index (χ2v) is 5.54. The van der Waals surface area contributed by atoms with Crippen molar-refractivity contribution in [2.75, 3.05) is 5.43 Å². The van der Waals surface area contributed by atoms with Gasteiger partial charge in [-0.1, -0.05) is 36.4 Å². The van der Waals surface area contributed by atoms with Gasteiger partial charge in [0.2, 0.25) is 5.95 Å². The highest BCUT2D eigenvalue weighted by molar-refractivity contribution is 5.86. The number of hydrogen-bond donors (Lipinski definition) is 2. The largest absolute Gasteiger partial charge is 0.545 e. The van der Waals surface area contributed by atoms with Crippen molar-refractivity contribution in [3.63, 3.8) is 0 Å². The second-order valence-electron chi connectivity index (χ2n) is 5.54. The minimum atomic E-state index is -1.21. The average Bonchev–Trinajstić information content (AvgIpc) is 3.28. The SMILES string of the molecule is O=C([O-])c1ccc(-c2ccc(/C=N\Nc3nc4ccccc4[nH]3)o2)cc1. The maximum absolute atomic E-state index is 10.8. The van der Waals surface area contributed by atoms with Gasteiger partial charge in [-0.3, -0.25) is 0 Å². The van der Waals surface area contributed by atoms with E-state index in [1.54, 1.807) is 24.3 Å². The quantitative estimate of drug-likeness (QED) is 0.427. The minimum Gasteiger partial charge on any atom is -0.545 e. The first-order chi connectivity index (χ1) is 12.7. The highest BCUT2D eigenvalue weighted by Gasteiger charge is 2.04. The molecule has 128 valence electrons. The van der Waals surface area contributed by atoms with Crippen LogP contribution >= 0.6 is 0 Å². The number of aromatic amines is 1. The van der Waals surface area contributed by atoms with Gasteiger partial charge in [-0.05, 0) is 29.8 Å². The number of carbonyl (C=O) groups is 1. The molecule has 2 N–H and O–H groups in total. The molecule has 4 rings (SSSR count). The summed E-state index contributed by atoms with van der Waals surface area (Å²) in [5, 5.41) is 14.9. The molecule has 7 nitrogen and oxygen atoms in total. The molecule has 4 aromatic rings. The number of carbonyl (C=O) groups excluding carboxylic acids is 1. The summed E-state index contributed by atoms with van der Waals surface area (Å²) < 4.78 is 5.68. The van der Waals surface area contributed by atoms with Crippen molar-refractivity contribution in [3.8, 4) is 11.3 Å².